The molecule has 1 rings (SSSR count). The summed E-state index contributed by atoms with van der Waals surface area (Å²) in [7, 11) is 0. The lowest BCUT2D eigenvalue weighted by Gasteiger charge is -2.26. The predicted molar refractivity (Wildman–Crippen MR) is 81.8 cm³/mol. The van der Waals surface area contributed by atoms with Crippen LogP contribution in [0.1, 0.15) is 37.8 Å². The lowest BCUT2D eigenvalue weighted by atomic mass is 9.95. The van der Waals surface area contributed by atoms with Crippen molar-refractivity contribution in [2.75, 3.05) is 17.3 Å². The number of hydrogen-bond acceptors (Lipinski definition) is 1. The Morgan fingerprint density at radius 3 is 2.63 bits per heavy atom. The fourth-order valence-electron chi connectivity index (χ4n) is 2.15. The van der Waals surface area contributed by atoms with Crippen molar-refractivity contribution in [3.63, 3.8) is 0 Å². The Labute approximate surface area is 120 Å². The van der Waals surface area contributed by atoms with E-state index in [-0.39, 0.29) is 18.3 Å². The molecule has 0 radical (unpaired) electrons. The molecule has 0 heterocycles. The standard InChI is InChI=1S/C16H20ClNO/c1-5-10-18(15(19)11-17)16-13(6-2)8-7-9-14(16)12(3)4/h1,7-9,12H,6,10-11H2,2-4H3. The van der Waals surface area contributed by atoms with Crippen LogP contribution in [0.5, 0.6) is 0 Å². The van der Waals surface area contributed by atoms with Crippen LogP contribution in [0.4, 0.5) is 5.69 Å². The van der Waals surface area contributed by atoms with Gasteiger partial charge in [-0.05, 0) is 23.5 Å². The van der Waals surface area contributed by atoms with E-state index >= 15 is 0 Å². The Morgan fingerprint density at radius 2 is 2.16 bits per heavy atom. The number of amides is 1. The van der Waals surface area contributed by atoms with Crippen LogP contribution in [-0.2, 0) is 11.2 Å². The molecule has 0 aliphatic heterocycles. The van der Waals surface area contributed by atoms with Crippen LogP contribution >= 0.6 is 11.6 Å². The van der Waals surface area contributed by atoms with Gasteiger partial charge in [0.05, 0.1) is 12.2 Å². The van der Waals surface area contributed by atoms with Gasteiger partial charge in [0, 0.05) is 0 Å². The summed E-state index contributed by atoms with van der Waals surface area (Å²) >= 11 is 5.70. The Kier molecular flexibility index (Phi) is 5.92. The van der Waals surface area contributed by atoms with E-state index in [0.717, 1.165) is 23.2 Å². The zero-order chi connectivity index (χ0) is 14.4. The molecule has 0 unspecified atom stereocenters. The Morgan fingerprint density at radius 1 is 1.47 bits per heavy atom. The van der Waals surface area contributed by atoms with Crippen LogP contribution in [0, 0.1) is 12.3 Å². The fourth-order valence-corrected chi connectivity index (χ4v) is 2.29. The van der Waals surface area contributed by atoms with Crippen molar-refractivity contribution in [2.45, 2.75) is 33.1 Å². The molecule has 0 bridgehead atoms. The van der Waals surface area contributed by atoms with Gasteiger partial charge in [0.1, 0.15) is 5.88 Å². The normalized spacial score (nSPS) is 10.3. The van der Waals surface area contributed by atoms with Crippen LogP contribution in [-0.4, -0.2) is 18.3 Å². The minimum Gasteiger partial charge on any atom is -0.299 e. The molecule has 0 saturated carbocycles. The lowest BCUT2D eigenvalue weighted by Crippen LogP contribution is -2.34. The molecule has 0 spiro atoms. The van der Waals surface area contributed by atoms with Crippen molar-refractivity contribution in [2.24, 2.45) is 0 Å². The first kappa shape index (κ1) is 15.6. The van der Waals surface area contributed by atoms with Crippen molar-refractivity contribution in [1.29, 1.82) is 0 Å². The number of rotatable bonds is 5. The summed E-state index contributed by atoms with van der Waals surface area (Å²) in [5.41, 5.74) is 3.19. The van der Waals surface area contributed by atoms with Gasteiger partial charge in [-0.15, -0.1) is 18.0 Å². The lowest BCUT2D eigenvalue weighted by molar-refractivity contribution is -0.116. The molecule has 1 aromatic rings. The van der Waals surface area contributed by atoms with Gasteiger partial charge in [-0.2, -0.15) is 0 Å². The highest BCUT2D eigenvalue weighted by Crippen LogP contribution is 2.31. The van der Waals surface area contributed by atoms with Gasteiger partial charge in [0.15, 0.2) is 0 Å². The van der Waals surface area contributed by atoms with Crippen molar-refractivity contribution in [3.8, 4) is 12.3 Å². The fraction of sp³-hybridized carbons (Fsp3) is 0.438. The third kappa shape index (κ3) is 3.52. The van der Waals surface area contributed by atoms with E-state index in [1.165, 1.54) is 0 Å². The molecule has 0 saturated heterocycles. The average molecular weight is 278 g/mol. The maximum atomic E-state index is 12.0. The van der Waals surface area contributed by atoms with Gasteiger partial charge in [-0.3, -0.25) is 9.69 Å². The van der Waals surface area contributed by atoms with Crippen molar-refractivity contribution in [3.05, 3.63) is 29.3 Å². The van der Waals surface area contributed by atoms with E-state index in [1.54, 1.807) is 4.90 Å². The third-order valence-corrected chi connectivity index (χ3v) is 3.32. The van der Waals surface area contributed by atoms with Crippen molar-refractivity contribution < 1.29 is 4.79 Å². The Hall–Kier alpha value is -1.46. The summed E-state index contributed by atoms with van der Waals surface area (Å²) in [6.07, 6.45) is 6.24. The summed E-state index contributed by atoms with van der Waals surface area (Å²) in [6, 6.07) is 6.10. The maximum Gasteiger partial charge on any atom is 0.242 e. The van der Waals surface area contributed by atoms with Crippen LogP contribution in [0.2, 0.25) is 0 Å². The predicted octanol–water partition coefficient (Wildman–Crippen LogP) is 3.58. The Bertz CT molecular complexity index is 488. The quantitative estimate of drug-likeness (QED) is 0.595. The molecule has 0 aliphatic carbocycles. The average Bonchev–Trinajstić information content (AvgIpc) is 2.43. The van der Waals surface area contributed by atoms with Crippen molar-refractivity contribution >= 4 is 23.2 Å². The summed E-state index contributed by atoms with van der Waals surface area (Å²) in [5, 5.41) is 0. The molecule has 0 aliphatic rings. The zero-order valence-corrected chi connectivity index (χ0v) is 12.5. The number of nitrogens with zero attached hydrogens (tertiary/aromatic N) is 1. The topological polar surface area (TPSA) is 20.3 Å². The summed E-state index contributed by atoms with van der Waals surface area (Å²) in [6.45, 7) is 6.54. The number of anilines is 1. The maximum absolute atomic E-state index is 12.0. The van der Waals surface area contributed by atoms with E-state index in [0.29, 0.717) is 5.92 Å². The summed E-state index contributed by atoms with van der Waals surface area (Å²) in [5.74, 6) is 2.66. The SMILES string of the molecule is C#CCN(C(=O)CCl)c1c(CC)cccc1C(C)C. The zero-order valence-electron chi connectivity index (χ0n) is 11.7. The number of alkyl halides is 1. The number of benzene rings is 1. The molecule has 0 atom stereocenters. The highest BCUT2D eigenvalue weighted by Gasteiger charge is 2.21. The minimum atomic E-state index is -0.151. The first-order valence-corrected chi connectivity index (χ1v) is 7.01. The molecule has 1 aromatic carbocycles. The number of carbonyl (C=O) groups is 1. The van der Waals surface area contributed by atoms with Gasteiger partial charge < -0.3 is 0 Å². The third-order valence-electron chi connectivity index (χ3n) is 3.09. The molecular formula is C16H20ClNO. The molecular weight excluding hydrogens is 258 g/mol. The second kappa shape index (κ2) is 7.21. The van der Waals surface area contributed by atoms with Crippen LogP contribution in [0.25, 0.3) is 0 Å². The second-order valence-electron chi connectivity index (χ2n) is 4.68. The highest BCUT2D eigenvalue weighted by molar-refractivity contribution is 6.29. The highest BCUT2D eigenvalue weighted by atomic mass is 35.5. The summed E-state index contributed by atoms with van der Waals surface area (Å²) < 4.78 is 0. The number of terminal acetylenes is 1. The molecule has 1 amide bonds. The van der Waals surface area contributed by atoms with Crippen LogP contribution in [0.15, 0.2) is 18.2 Å². The number of hydrogen-bond donors (Lipinski definition) is 0. The van der Waals surface area contributed by atoms with Gasteiger partial charge in [-0.1, -0.05) is 44.9 Å². The number of carbonyl (C=O) groups excluding carboxylic acids is 1. The number of aryl methyl sites for hydroxylation is 1. The van der Waals surface area contributed by atoms with E-state index in [2.05, 4.69) is 26.7 Å². The first-order valence-electron chi connectivity index (χ1n) is 6.48. The van der Waals surface area contributed by atoms with E-state index in [9.17, 15) is 4.79 Å². The molecule has 102 valence electrons. The monoisotopic (exact) mass is 277 g/mol. The van der Waals surface area contributed by atoms with E-state index in [1.807, 2.05) is 18.2 Å². The van der Waals surface area contributed by atoms with Crippen LogP contribution < -0.4 is 4.90 Å². The largest absolute Gasteiger partial charge is 0.299 e. The molecule has 3 heteroatoms. The first-order chi connectivity index (χ1) is 9.06. The van der Waals surface area contributed by atoms with Crippen LogP contribution in [0.3, 0.4) is 0 Å². The second-order valence-corrected chi connectivity index (χ2v) is 4.95. The Balaban J connectivity index is 3.42. The molecule has 0 fully saturated rings. The molecule has 2 nitrogen and oxygen atoms in total. The number of halogens is 1. The smallest absolute Gasteiger partial charge is 0.242 e. The molecule has 0 N–H and O–H groups in total. The molecule has 19 heavy (non-hydrogen) atoms. The van der Waals surface area contributed by atoms with Gasteiger partial charge in [0.2, 0.25) is 5.91 Å². The molecule has 0 aromatic heterocycles. The van der Waals surface area contributed by atoms with Gasteiger partial charge in [0.25, 0.3) is 0 Å². The minimum absolute atomic E-state index is 0.0583. The summed E-state index contributed by atoms with van der Waals surface area (Å²) in [4.78, 5) is 13.7. The van der Waals surface area contributed by atoms with E-state index in [4.69, 9.17) is 18.0 Å². The van der Waals surface area contributed by atoms with E-state index < -0.39 is 0 Å². The van der Waals surface area contributed by atoms with Crippen molar-refractivity contribution in [1.82, 2.24) is 0 Å². The number of para-hydroxylation sites is 1. The van der Waals surface area contributed by atoms with Gasteiger partial charge in [-0.25, -0.2) is 0 Å². The van der Waals surface area contributed by atoms with Gasteiger partial charge >= 0.3 is 0 Å².